The lowest BCUT2D eigenvalue weighted by molar-refractivity contribution is 0.0954. The summed E-state index contributed by atoms with van der Waals surface area (Å²) in [5.41, 5.74) is 5.72. The van der Waals surface area contributed by atoms with Crippen LogP contribution in [0.2, 0.25) is 5.02 Å². The van der Waals surface area contributed by atoms with Crippen LogP contribution in [0.3, 0.4) is 0 Å². The van der Waals surface area contributed by atoms with Gasteiger partial charge in [-0.3, -0.25) is 4.79 Å². The molecule has 1 aromatic heterocycles. The second kappa shape index (κ2) is 7.38. The van der Waals surface area contributed by atoms with Crippen LogP contribution in [0.15, 0.2) is 59.0 Å². The molecule has 0 aliphatic carbocycles. The zero-order valence-electron chi connectivity index (χ0n) is 12.9. The lowest BCUT2D eigenvalue weighted by atomic mass is 10.1. The number of rotatable bonds is 4. The van der Waals surface area contributed by atoms with Crippen LogP contribution < -0.4 is 5.43 Å². The summed E-state index contributed by atoms with van der Waals surface area (Å²) in [4.78, 5) is 16.5. The Bertz CT molecular complexity index is 887. The van der Waals surface area contributed by atoms with Gasteiger partial charge in [-0.1, -0.05) is 41.9 Å². The zero-order chi connectivity index (χ0) is 16.9. The Kier molecular flexibility index (Phi) is 5.03. The van der Waals surface area contributed by atoms with Crippen molar-refractivity contribution < 1.29 is 4.79 Å². The molecule has 0 unspecified atom stereocenters. The number of hydrogen-bond acceptors (Lipinski definition) is 4. The maximum atomic E-state index is 12.1. The van der Waals surface area contributed by atoms with Crippen molar-refractivity contribution in [2.45, 2.75) is 6.92 Å². The number of aromatic nitrogens is 1. The van der Waals surface area contributed by atoms with Crippen LogP contribution in [-0.4, -0.2) is 17.1 Å². The predicted molar refractivity (Wildman–Crippen MR) is 98.8 cm³/mol. The molecule has 4 nitrogen and oxygen atoms in total. The van der Waals surface area contributed by atoms with E-state index in [1.54, 1.807) is 6.07 Å². The summed E-state index contributed by atoms with van der Waals surface area (Å²) < 4.78 is 0. The molecule has 1 amide bonds. The molecule has 120 valence electrons. The Hall–Kier alpha value is -2.50. The Morgan fingerprint density at radius 3 is 2.71 bits per heavy atom. The summed E-state index contributed by atoms with van der Waals surface area (Å²) in [5, 5.41) is 7.43. The van der Waals surface area contributed by atoms with Crippen LogP contribution in [-0.2, 0) is 0 Å². The summed E-state index contributed by atoms with van der Waals surface area (Å²) in [6.45, 7) is 1.89. The van der Waals surface area contributed by atoms with Crippen LogP contribution in [0.1, 0.15) is 21.6 Å². The van der Waals surface area contributed by atoms with Gasteiger partial charge < -0.3 is 0 Å². The van der Waals surface area contributed by atoms with E-state index in [1.807, 2.05) is 54.8 Å². The van der Waals surface area contributed by atoms with Crippen molar-refractivity contribution in [3.8, 4) is 10.6 Å². The van der Waals surface area contributed by atoms with Crippen LogP contribution in [0.5, 0.6) is 0 Å². The summed E-state index contributed by atoms with van der Waals surface area (Å²) in [5.74, 6) is -0.238. The van der Waals surface area contributed by atoms with Gasteiger partial charge in [0.05, 0.1) is 11.9 Å². The summed E-state index contributed by atoms with van der Waals surface area (Å²) in [7, 11) is 0. The Balaban J connectivity index is 1.66. The lowest BCUT2D eigenvalue weighted by Gasteiger charge is -2.02. The average molecular weight is 356 g/mol. The molecule has 0 saturated heterocycles. The van der Waals surface area contributed by atoms with E-state index in [9.17, 15) is 4.79 Å². The first-order valence-corrected chi connectivity index (χ1v) is 8.50. The van der Waals surface area contributed by atoms with Crippen LogP contribution in [0.4, 0.5) is 0 Å². The van der Waals surface area contributed by atoms with Gasteiger partial charge >= 0.3 is 0 Å². The van der Waals surface area contributed by atoms with Crippen molar-refractivity contribution >= 4 is 35.1 Å². The van der Waals surface area contributed by atoms with Gasteiger partial charge in [-0.2, -0.15) is 5.10 Å². The minimum absolute atomic E-state index is 0.238. The fourth-order valence-electron chi connectivity index (χ4n) is 2.12. The van der Waals surface area contributed by atoms with Gasteiger partial charge in [0, 0.05) is 21.5 Å². The van der Waals surface area contributed by atoms with Gasteiger partial charge in [0.15, 0.2) is 0 Å². The number of thiazole rings is 1. The zero-order valence-corrected chi connectivity index (χ0v) is 14.4. The van der Waals surface area contributed by atoms with Crippen molar-refractivity contribution in [1.29, 1.82) is 0 Å². The topological polar surface area (TPSA) is 54.4 Å². The third kappa shape index (κ3) is 3.88. The van der Waals surface area contributed by atoms with Crippen molar-refractivity contribution in [3.05, 3.63) is 75.8 Å². The molecule has 3 aromatic rings. The molecule has 6 heteroatoms. The second-order valence-corrected chi connectivity index (χ2v) is 6.39. The van der Waals surface area contributed by atoms with E-state index in [2.05, 4.69) is 15.5 Å². The Morgan fingerprint density at radius 2 is 1.96 bits per heavy atom. The molecule has 24 heavy (non-hydrogen) atoms. The minimum Gasteiger partial charge on any atom is -0.267 e. The smallest absolute Gasteiger partial charge is 0.267 e. The molecular weight excluding hydrogens is 342 g/mol. The van der Waals surface area contributed by atoms with Gasteiger partial charge in [0.1, 0.15) is 5.01 Å². The van der Waals surface area contributed by atoms with E-state index < -0.39 is 0 Å². The Morgan fingerprint density at radius 1 is 1.21 bits per heavy atom. The number of carbonyl (C=O) groups is 1. The molecule has 0 aliphatic rings. The molecule has 3 rings (SSSR count). The van der Waals surface area contributed by atoms with Crippen molar-refractivity contribution in [2.24, 2.45) is 5.10 Å². The van der Waals surface area contributed by atoms with Crippen molar-refractivity contribution in [2.75, 3.05) is 0 Å². The normalized spacial score (nSPS) is 10.9. The van der Waals surface area contributed by atoms with Crippen LogP contribution >= 0.6 is 22.9 Å². The fourth-order valence-corrected chi connectivity index (χ4v) is 3.02. The first-order valence-electron chi connectivity index (χ1n) is 7.24. The molecule has 1 N–H and O–H groups in total. The van der Waals surface area contributed by atoms with E-state index in [1.165, 1.54) is 17.6 Å². The highest BCUT2D eigenvalue weighted by Crippen LogP contribution is 2.24. The molecule has 1 heterocycles. The molecule has 0 radical (unpaired) electrons. The standard InChI is InChI=1S/C18H14ClN3OS/c1-12-4-2-3-5-16(12)17(23)22-20-10-15-11-24-18(21-15)13-6-8-14(19)9-7-13/h2-11H,1H3,(H,22,23)/b20-10-. The van der Waals surface area contributed by atoms with E-state index >= 15 is 0 Å². The van der Waals surface area contributed by atoms with E-state index in [0.29, 0.717) is 16.3 Å². The quantitative estimate of drug-likeness (QED) is 0.552. The van der Waals surface area contributed by atoms with Gasteiger partial charge in [0.2, 0.25) is 0 Å². The molecule has 0 spiro atoms. The maximum Gasteiger partial charge on any atom is 0.271 e. The lowest BCUT2D eigenvalue weighted by Crippen LogP contribution is -2.18. The average Bonchev–Trinajstić information content (AvgIpc) is 3.04. The molecule has 0 bridgehead atoms. The molecular formula is C18H14ClN3OS. The van der Waals surface area contributed by atoms with Crippen LogP contribution in [0, 0.1) is 6.92 Å². The van der Waals surface area contributed by atoms with Crippen molar-refractivity contribution in [3.63, 3.8) is 0 Å². The van der Waals surface area contributed by atoms with Crippen LogP contribution in [0.25, 0.3) is 10.6 Å². The van der Waals surface area contributed by atoms with Gasteiger partial charge in [-0.15, -0.1) is 11.3 Å². The SMILES string of the molecule is Cc1ccccc1C(=O)N/N=C\c1csc(-c2ccc(Cl)cc2)n1. The highest BCUT2D eigenvalue weighted by molar-refractivity contribution is 7.13. The largest absolute Gasteiger partial charge is 0.271 e. The number of benzene rings is 2. The fraction of sp³-hybridized carbons (Fsp3) is 0.0556. The predicted octanol–water partition coefficient (Wildman–Crippen LogP) is 4.54. The highest BCUT2D eigenvalue weighted by atomic mass is 35.5. The molecule has 0 atom stereocenters. The number of aryl methyl sites for hydroxylation is 1. The molecule has 0 fully saturated rings. The van der Waals surface area contributed by atoms with E-state index in [-0.39, 0.29) is 5.91 Å². The number of hydrogen-bond donors (Lipinski definition) is 1. The van der Waals surface area contributed by atoms with Crippen molar-refractivity contribution in [1.82, 2.24) is 10.4 Å². The van der Waals surface area contributed by atoms with E-state index in [4.69, 9.17) is 11.6 Å². The van der Waals surface area contributed by atoms with E-state index in [0.717, 1.165) is 16.1 Å². The number of halogens is 1. The Labute approximate surface area is 148 Å². The number of nitrogens with one attached hydrogen (secondary N) is 1. The number of carbonyl (C=O) groups excluding carboxylic acids is 1. The summed E-state index contributed by atoms with van der Waals surface area (Å²) in [6, 6.07) is 14.9. The summed E-state index contributed by atoms with van der Waals surface area (Å²) in [6.07, 6.45) is 1.53. The highest BCUT2D eigenvalue weighted by Gasteiger charge is 2.07. The number of amides is 1. The monoisotopic (exact) mass is 355 g/mol. The first kappa shape index (κ1) is 16.4. The molecule has 0 saturated carbocycles. The minimum atomic E-state index is -0.238. The summed E-state index contributed by atoms with van der Waals surface area (Å²) >= 11 is 7.39. The van der Waals surface area contributed by atoms with Gasteiger partial charge in [-0.25, -0.2) is 10.4 Å². The maximum absolute atomic E-state index is 12.1. The number of nitrogens with zero attached hydrogens (tertiary/aromatic N) is 2. The molecule has 2 aromatic carbocycles. The second-order valence-electron chi connectivity index (χ2n) is 5.10. The first-order chi connectivity index (χ1) is 11.6. The number of hydrazone groups is 1. The molecule has 0 aliphatic heterocycles. The van der Waals surface area contributed by atoms with Gasteiger partial charge in [0.25, 0.3) is 5.91 Å². The third-order valence-corrected chi connectivity index (χ3v) is 4.53. The third-order valence-electron chi connectivity index (χ3n) is 3.37. The van der Waals surface area contributed by atoms with Gasteiger partial charge in [-0.05, 0) is 30.7 Å².